The first-order valence-corrected chi connectivity index (χ1v) is 9.59. The summed E-state index contributed by atoms with van der Waals surface area (Å²) in [5.74, 6) is 1.19. The van der Waals surface area contributed by atoms with E-state index in [0.717, 1.165) is 0 Å². The molecule has 0 aliphatic carbocycles. The summed E-state index contributed by atoms with van der Waals surface area (Å²) in [5.41, 5.74) is 0.0719. The SMILES string of the molecule is CN=C(NCCCNC(=O)OC(C)(C)C)NCCNC(=O)c1ccc(OC)cc1. The largest absolute Gasteiger partial charge is 0.497 e. The Morgan fingerprint density at radius 1 is 0.931 bits per heavy atom. The Labute approximate surface area is 172 Å². The summed E-state index contributed by atoms with van der Waals surface area (Å²) < 4.78 is 10.2. The predicted molar refractivity (Wildman–Crippen MR) is 114 cm³/mol. The minimum atomic E-state index is -0.503. The van der Waals surface area contributed by atoms with Crippen molar-refractivity contribution in [1.82, 2.24) is 21.3 Å². The van der Waals surface area contributed by atoms with Gasteiger partial charge in [0.2, 0.25) is 0 Å². The lowest BCUT2D eigenvalue weighted by molar-refractivity contribution is 0.0527. The third-order valence-corrected chi connectivity index (χ3v) is 3.59. The van der Waals surface area contributed by atoms with Crippen LogP contribution in [0, 0.1) is 0 Å². The van der Waals surface area contributed by atoms with E-state index in [1.165, 1.54) is 0 Å². The van der Waals surface area contributed by atoms with E-state index in [9.17, 15) is 9.59 Å². The Kier molecular flexibility index (Phi) is 10.4. The normalized spacial score (nSPS) is 11.4. The molecule has 0 unspecified atom stereocenters. The number of hydrogen-bond donors (Lipinski definition) is 4. The average molecular weight is 408 g/mol. The standard InChI is InChI=1S/C20H33N5O4/c1-20(2,3)29-19(27)25-12-6-11-23-18(21-4)24-14-13-22-17(26)15-7-9-16(28-5)10-8-15/h7-10H,6,11-14H2,1-5H3,(H,22,26)(H,25,27)(H2,21,23,24). The summed E-state index contributed by atoms with van der Waals surface area (Å²) in [7, 11) is 3.25. The smallest absolute Gasteiger partial charge is 0.407 e. The Bertz CT molecular complexity index is 668. The number of rotatable bonds is 9. The molecule has 0 saturated carbocycles. The van der Waals surface area contributed by atoms with Gasteiger partial charge >= 0.3 is 6.09 Å². The molecule has 1 aromatic rings. The molecule has 162 valence electrons. The number of alkyl carbamates (subject to hydrolysis) is 1. The van der Waals surface area contributed by atoms with Crippen molar-refractivity contribution in [2.45, 2.75) is 32.8 Å². The van der Waals surface area contributed by atoms with Crippen molar-refractivity contribution in [3.63, 3.8) is 0 Å². The van der Waals surface area contributed by atoms with Crippen LogP contribution in [0.15, 0.2) is 29.3 Å². The molecule has 9 nitrogen and oxygen atoms in total. The number of guanidine groups is 1. The number of aliphatic imine (C=N–C) groups is 1. The second-order valence-electron chi connectivity index (χ2n) is 7.19. The van der Waals surface area contributed by atoms with Gasteiger partial charge in [-0.1, -0.05) is 0 Å². The number of benzene rings is 1. The molecule has 0 atom stereocenters. The van der Waals surface area contributed by atoms with Crippen molar-refractivity contribution in [3.05, 3.63) is 29.8 Å². The van der Waals surface area contributed by atoms with Crippen LogP contribution >= 0.6 is 0 Å². The van der Waals surface area contributed by atoms with Gasteiger partial charge in [0.25, 0.3) is 5.91 Å². The molecule has 0 spiro atoms. The summed E-state index contributed by atoms with van der Waals surface area (Å²) in [6, 6.07) is 6.92. The van der Waals surface area contributed by atoms with Crippen molar-refractivity contribution in [3.8, 4) is 5.75 Å². The van der Waals surface area contributed by atoms with Gasteiger partial charge in [-0.3, -0.25) is 9.79 Å². The van der Waals surface area contributed by atoms with Crippen LogP contribution in [0.3, 0.4) is 0 Å². The second-order valence-corrected chi connectivity index (χ2v) is 7.19. The molecule has 0 aliphatic heterocycles. The number of methoxy groups -OCH3 is 1. The summed E-state index contributed by atoms with van der Waals surface area (Å²) in [6.45, 7) is 7.57. The molecule has 0 fully saturated rings. The van der Waals surface area contributed by atoms with Gasteiger partial charge in [-0.25, -0.2) is 4.79 Å². The van der Waals surface area contributed by atoms with Gasteiger partial charge in [-0.05, 0) is 51.5 Å². The number of nitrogens with one attached hydrogen (secondary N) is 4. The van der Waals surface area contributed by atoms with Crippen LogP contribution in [-0.2, 0) is 4.74 Å². The van der Waals surface area contributed by atoms with E-state index in [1.54, 1.807) is 38.4 Å². The van der Waals surface area contributed by atoms with Gasteiger partial charge in [0, 0.05) is 38.8 Å². The second kappa shape index (κ2) is 12.5. The number of hydrogen-bond acceptors (Lipinski definition) is 5. The van der Waals surface area contributed by atoms with E-state index < -0.39 is 11.7 Å². The molecule has 9 heteroatoms. The quantitative estimate of drug-likeness (QED) is 0.280. The van der Waals surface area contributed by atoms with Gasteiger partial charge in [0.05, 0.1) is 7.11 Å². The average Bonchev–Trinajstić information content (AvgIpc) is 2.67. The van der Waals surface area contributed by atoms with Crippen LogP contribution in [0.2, 0.25) is 0 Å². The first kappa shape index (κ1) is 24.1. The van der Waals surface area contributed by atoms with Crippen LogP contribution in [0.5, 0.6) is 5.75 Å². The Balaban J connectivity index is 2.16. The molecule has 0 bridgehead atoms. The highest BCUT2D eigenvalue weighted by Crippen LogP contribution is 2.10. The molecule has 1 aromatic carbocycles. The highest BCUT2D eigenvalue weighted by molar-refractivity contribution is 5.94. The molecular formula is C20H33N5O4. The predicted octanol–water partition coefficient (Wildman–Crippen LogP) is 1.50. The van der Waals surface area contributed by atoms with E-state index >= 15 is 0 Å². The van der Waals surface area contributed by atoms with Crippen LogP contribution in [0.25, 0.3) is 0 Å². The number of amides is 2. The molecular weight excluding hydrogens is 374 g/mol. The fourth-order valence-electron chi connectivity index (χ4n) is 2.22. The monoisotopic (exact) mass is 407 g/mol. The zero-order valence-electron chi connectivity index (χ0n) is 17.9. The lowest BCUT2D eigenvalue weighted by Gasteiger charge is -2.19. The van der Waals surface area contributed by atoms with Crippen molar-refractivity contribution >= 4 is 18.0 Å². The minimum Gasteiger partial charge on any atom is -0.497 e. The maximum Gasteiger partial charge on any atom is 0.407 e. The van der Waals surface area contributed by atoms with E-state index in [1.807, 2.05) is 20.8 Å². The summed E-state index contributed by atoms with van der Waals surface area (Å²) in [5, 5.41) is 11.8. The number of carbonyl (C=O) groups excluding carboxylic acids is 2. The van der Waals surface area contributed by atoms with Crippen molar-refractivity contribution in [1.29, 1.82) is 0 Å². The molecule has 2 amide bonds. The molecule has 0 saturated heterocycles. The highest BCUT2D eigenvalue weighted by atomic mass is 16.6. The Hall–Kier alpha value is -2.97. The van der Waals surface area contributed by atoms with Crippen LogP contribution in [-0.4, -0.2) is 63.9 Å². The lowest BCUT2D eigenvalue weighted by Crippen LogP contribution is -2.42. The lowest BCUT2D eigenvalue weighted by atomic mass is 10.2. The van der Waals surface area contributed by atoms with Crippen LogP contribution < -0.4 is 26.0 Å². The zero-order valence-corrected chi connectivity index (χ0v) is 17.9. The highest BCUT2D eigenvalue weighted by Gasteiger charge is 2.15. The molecule has 29 heavy (non-hydrogen) atoms. The third-order valence-electron chi connectivity index (χ3n) is 3.59. The van der Waals surface area contributed by atoms with Crippen molar-refractivity contribution in [2.75, 3.05) is 40.3 Å². The first-order valence-electron chi connectivity index (χ1n) is 9.59. The van der Waals surface area contributed by atoms with E-state index in [-0.39, 0.29) is 5.91 Å². The van der Waals surface area contributed by atoms with Crippen molar-refractivity contribution in [2.24, 2.45) is 4.99 Å². The van der Waals surface area contributed by atoms with Crippen LogP contribution in [0.1, 0.15) is 37.6 Å². The van der Waals surface area contributed by atoms with Crippen molar-refractivity contribution < 1.29 is 19.1 Å². The fourth-order valence-corrected chi connectivity index (χ4v) is 2.22. The molecule has 1 rings (SSSR count). The van der Waals surface area contributed by atoms with Crippen LogP contribution in [0.4, 0.5) is 4.79 Å². The molecule has 0 radical (unpaired) electrons. The zero-order chi connectivity index (χ0) is 21.7. The van der Waals surface area contributed by atoms with Gasteiger partial charge < -0.3 is 30.7 Å². The summed E-state index contributed by atoms with van der Waals surface area (Å²) >= 11 is 0. The fraction of sp³-hybridized carbons (Fsp3) is 0.550. The van der Waals surface area contributed by atoms with Gasteiger partial charge in [-0.2, -0.15) is 0 Å². The van der Waals surface area contributed by atoms with E-state index in [0.29, 0.717) is 49.9 Å². The molecule has 0 aromatic heterocycles. The van der Waals surface area contributed by atoms with Gasteiger partial charge in [0.15, 0.2) is 5.96 Å². The number of ether oxygens (including phenoxy) is 2. The Morgan fingerprint density at radius 2 is 1.52 bits per heavy atom. The number of carbonyl (C=O) groups is 2. The Morgan fingerprint density at radius 3 is 2.10 bits per heavy atom. The molecule has 0 heterocycles. The minimum absolute atomic E-state index is 0.148. The molecule has 4 N–H and O–H groups in total. The maximum atomic E-state index is 12.1. The van der Waals surface area contributed by atoms with E-state index in [2.05, 4.69) is 26.3 Å². The third kappa shape index (κ3) is 10.8. The van der Waals surface area contributed by atoms with Gasteiger partial charge in [-0.15, -0.1) is 0 Å². The number of nitrogens with zero attached hydrogens (tertiary/aromatic N) is 1. The maximum absolute atomic E-state index is 12.1. The molecule has 0 aliphatic rings. The summed E-state index contributed by atoms with van der Waals surface area (Å²) in [6.07, 6.45) is 0.293. The first-order chi connectivity index (χ1) is 13.7. The van der Waals surface area contributed by atoms with Gasteiger partial charge in [0.1, 0.15) is 11.4 Å². The van der Waals surface area contributed by atoms with E-state index in [4.69, 9.17) is 9.47 Å². The topological polar surface area (TPSA) is 113 Å². The summed E-state index contributed by atoms with van der Waals surface area (Å²) in [4.78, 5) is 27.7.